The van der Waals surface area contributed by atoms with E-state index >= 15 is 0 Å². The molecule has 6 heteroatoms. The lowest BCUT2D eigenvalue weighted by Gasteiger charge is -2.33. The highest BCUT2D eigenvalue weighted by atomic mass is 16.2. The summed E-state index contributed by atoms with van der Waals surface area (Å²) in [6, 6.07) is -0.201. The molecular formula is C12H22N4O2. The molecule has 0 spiro atoms. The summed E-state index contributed by atoms with van der Waals surface area (Å²) in [5.74, 6) is 0.159. The van der Waals surface area contributed by atoms with Gasteiger partial charge in [0.1, 0.15) is 0 Å². The van der Waals surface area contributed by atoms with E-state index in [0.717, 1.165) is 39.1 Å². The molecule has 0 saturated carbocycles. The molecule has 2 aliphatic heterocycles. The largest absolute Gasteiger partial charge is 0.353 e. The van der Waals surface area contributed by atoms with Gasteiger partial charge in [0.15, 0.2) is 0 Å². The van der Waals surface area contributed by atoms with Gasteiger partial charge >= 0.3 is 0 Å². The Morgan fingerprint density at radius 3 is 2.94 bits per heavy atom. The van der Waals surface area contributed by atoms with Gasteiger partial charge in [-0.15, -0.1) is 0 Å². The van der Waals surface area contributed by atoms with Crippen molar-refractivity contribution in [2.24, 2.45) is 0 Å². The predicted molar refractivity (Wildman–Crippen MR) is 68.1 cm³/mol. The molecule has 6 nitrogen and oxygen atoms in total. The first-order chi connectivity index (χ1) is 8.68. The van der Waals surface area contributed by atoms with E-state index in [1.54, 1.807) is 0 Å². The van der Waals surface area contributed by atoms with Crippen LogP contribution in [0.1, 0.15) is 13.3 Å². The third kappa shape index (κ3) is 3.20. The normalized spacial score (nSPS) is 26.6. The molecule has 18 heavy (non-hydrogen) atoms. The number of carbonyl (C=O) groups is 2. The van der Waals surface area contributed by atoms with Crippen LogP contribution in [-0.4, -0.2) is 73.5 Å². The van der Waals surface area contributed by atoms with Crippen molar-refractivity contribution in [3.05, 3.63) is 0 Å². The molecule has 0 radical (unpaired) electrons. The lowest BCUT2D eigenvalue weighted by atomic mass is 10.2. The highest BCUT2D eigenvalue weighted by molar-refractivity contribution is 5.84. The minimum absolute atomic E-state index is 0.0200. The quantitative estimate of drug-likeness (QED) is 0.638. The van der Waals surface area contributed by atoms with E-state index in [1.165, 1.54) is 0 Å². The molecule has 2 amide bonds. The predicted octanol–water partition coefficient (Wildman–Crippen LogP) is -1.37. The van der Waals surface area contributed by atoms with Gasteiger partial charge in [-0.2, -0.15) is 0 Å². The summed E-state index contributed by atoms with van der Waals surface area (Å²) in [5.41, 5.74) is 0. The van der Waals surface area contributed by atoms with Crippen LogP contribution in [0.3, 0.4) is 0 Å². The summed E-state index contributed by atoms with van der Waals surface area (Å²) < 4.78 is 0. The number of carbonyl (C=O) groups excluding carboxylic acids is 2. The Bertz CT molecular complexity index is 313. The van der Waals surface area contributed by atoms with Crippen LogP contribution in [-0.2, 0) is 9.59 Å². The van der Waals surface area contributed by atoms with Gasteiger partial charge < -0.3 is 15.5 Å². The van der Waals surface area contributed by atoms with Gasteiger partial charge in [0.05, 0.1) is 12.6 Å². The van der Waals surface area contributed by atoms with E-state index in [1.807, 2.05) is 16.7 Å². The van der Waals surface area contributed by atoms with Gasteiger partial charge in [0.25, 0.3) is 0 Å². The highest BCUT2D eigenvalue weighted by Gasteiger charge is 2.28. The maximum absolute atomic E-state index is 12.2. The number of nitrogens with one attached hydrogen (secondary N) is 2. The second-order valence-corrected chi connectivity index (χ2v) is 4.92. The van der Waals surface area contributed by atoms with Crippen LogP contribution in [0.5, 0.6) is 0 Å². The Labute approximate surface area is 108 Å². The summed E-state index contributed by atoms with van der Waals surface area (Å²) >= 11 is 0. The molecular weight excluding hydrogens is 232 g/mol. The molecule has 2 N–H and O–H groups in total. The Hall–Kier alpha value is -1.14. The molecule has 0 aromatic carbocycles. The summed E-state index contributed by atoms with van der Waals surface area (Å²) in [5, 5.41) is 6.09. The molecule has 1 atom stereocenters. The van der Waals surface area contributed by atoms with E-state index in [9.17, 15) is 9.59 Å². The maximum Gasteiger partial charge on any atom is 0.237 e. The molecule has 1 unspecified atom stereocenters. The van der Waals surface area contributed by atoms with Crippen LogP contribution in [0.15, 0.2) is 0 Å². The molecule has 102 valence electrons. The van der Waals surface area contributed by atoms with Crippen molar-refractivity contribution in [2.45, 2.75) is 19.4 Å². The van der Waals surface area contributed by atoms with E-state index in [4.69, 9.17) is 0 Å². The monoisotopic (exact) mass is 254 g/mol. The zero-order chi connectivity index (χ0) is 13.0. The molecule has 0 bridgehead atoms. The highest BCUT2D eigenvalue weighted by Crippen LogP contribution is 2.05. The topological polar surface area (TPSA) is 64.7 Å². The van der Waals surface area contributed by atoms with Crippen molar-refractivity contribution >= 4 is 11.8 Å². The van der Waals surface area contributed by atoms with Gasteiger partial charge in [-0.1, -0.05) is 0 Å². The molecule has 2 heterocycles. The minimum Gasteiger partial charge on any atom is -0.353 e. The Morgan fingerprint density at radius 2 is 2.11 bits per heavy atom. The van der Waals surface area contributed by atoms with Crippen molar-refractivity contribution in [3.8, 4) is 0 Å². The third-order valence-corrected chi connectivity index (χ3v) is 3.66. The summed E-state index contributed by atoms with van der Waals surface area (Å²) in [6.07, 6.45) is 1.00. The van der Waals surface area contributed by atoms with E-state index < -0.39 is 0 Å². The number of hydrogen-bond donors (Lipinski definition) is 2. The summed E-state index contributed by atoms with van der Waals surface area (Å²) in [7, 11) is 0. The third-order valence-electron chi connectivity index (χ3n) is 3.66. The molecule has 0 aliphatic carbocycles. The number of nitrogens with zero attached hydrogens (tertiary/aromatic N) is 2. The average molecular weight is 254 g/mol. The summed E-state index contributed by atoms with van der Waals surface area (Å²) in [6.45, 7) is 7.03. The van der Waals surface area contributed by atoms with Gasteiger partial charge in [-0.3, -0.25) is 14.5 Å². The molecule has 2 rings (SSSR count). The van der Waals surface area contributed by atoms with E-state index in [2.05, 4.69) is 10.6 Å². The second kappa shape index (κ2) is 6.15. The molecule has 2 fully saturated rings. The van der Waals surface area contributed by atoms with E-state index in [-0.39, 0.29) is 17.9 Å². The first-order valence-electron chi connectivity index (χ1n) is 6.69. The van der Waals surface area contributed by atoms with Crippen molar-refractivity contribution in [2.75, 3.05) is 45.8 Å². The van der Waals surface area contributed by atoms with Crippen LogP contribution in [0.25, 0.3) is 0 Å². The molecule has 2 aliphatic rings. The fourth-order valence-corrected chi connectivity index (χ4v) is 2.41. The zero-order valence-electron chi connectivity index (χ0n) is 10.9. The maximum atomic E-state index is 12.2. The van der Waals surface area contributed by atoms with Crippen LogP contribution in [0, 0.1) is 0 Å². The van der Waals surface area contributed by atoms with Crippen molar-refractivity contribution in [1.29, 1.82) is 0 Å². The smallest absolute Gasteiger partial charge is 0.237 e. The van der Waals surface area contributed by atoms with Crippen LogP contribution < -0.4 is 10.6 Å². The second-order valence-electron chi connectivity index (χ2n) is 4.92. The van der Waals surface area contributed by atoms with Crippen molar-refractivity contribution < 1.29 is 9.59 Å². The lowest BCUT2D eigenvalue weighted by Crippen LogP contribution is -2.56. The molecule has 2 saturated heterocycles. The fraction of sp³-hybridized carbons (Fsp3) is 0.833. The fourth-order valence-electron chi connectivity index (χ4n) is 2.41. The molecule has 0 aromatic heterocycles. The van der Waals surface area contributed by atoms with Gasteiger partial charge in [-0.05, 0) is 19.9 Å². The Morgan fingerprint density at radius 1 is 1.28 bits per heavy atom. The number of rotatable bonds is 2. The van der Waals surface area contributed by atoms with Gasteiger partial charge in [0.2, 0.25) is 11.8 Å². The standard InChI is InChI=1S/C12H22N4O2/c1-10-12(18)14-5-8-16(10)9-11(17)15-6-2-3-13-4-7-15/h10,13H,2-9H2,1H3,(H,14,18). The van der Waals surface area contributed by atoms with Gasteiger partial charge in [0, 0.05) is 32.7 Å². The lowest BCUT2D eigenvalue weighted by molar-refractivity contribution is -0.136. The Kier molecular flexibility index (Phi) is 4.54. The molecule has 0 aromatic rings. The minimum atomic E-state index is -0.201. The zero-order valence-corrected chi connectivity index (χ0v) is 10.9. The van der Waals surface area contributed by atoms with Crippen molar-refractivity contribution in [1.82, 2.24) is 20.4 Å². The van der Waals surface area contributed by atoms with Gasteiger partial charge in [-0.25, -0.2) is 0 Å². The van der Waals surface area contributed by atoms with E-state index in [0.29, 0.717) is 13.1 Å². The van der Waals surface area contributed by atoms with Crippen LogP contribution >= 0.6 is 0 Å². The summed E-state index contributed by atoms with van der Waals surface area (Å²) in [4.78, 5) is 27.6. The van der Waals surface area contributed by atoms with Crippen LogP contribution in [0.4, 0.5) is 0 Å². The number of hydrogen-bond acceptors (Lipinski definition) is 4. The first-order valence-corrected chi connectivity index (χ1v) is 6.69. The first kappa shape index (κ1) is 13.3. The SMILES string of the molecule is CC1C(=O)NCCN1CC(=O)N1CCCNCC1. The Balaban J connectivity index is 1.87. The average Bonchev–Trinajstić information content (AvgIpc) is 2.63. The number of piperazine rings is 1. The number of amides is 2. The van der Waals surface area contributed by atoms with Crippen molar-refractivity contribution in [3.63, 3.8) is 0 Å². The van der Waals surface area contributed by atoms with Crippen LogP contribution in [0.2, 0.25) is 0 Å².